The third-order valence-corrected chi connectivity index (χ3v) is 5.14. The monoisotopic (exact) mass is 416 g/mol. The zero-order valence-electron chi connectivity index (χ0n) is 16.9. The maximum Gasteiger partial charge on any atom is 0.317 e. The van der Waals surface area contributed by atoms with E-state index in [1.54, 1.807) is 25.1 Å². The van der Waals surface area contributed by atoms with Crippen molar-refractivity contribution in [3.8, 4) is 11.5 Å². The van der Waals surface area contributed by atoms with Gasteiger partial charge in [-0.1, -0.05) is 6.07 Å². The van der Waals surface area contributed by atoms with Gasteiger partial charge in [-0.3, -0.25) is 19.7 Å². The summed E-state index contributed by atoms with van der Waals surface area (Å²) in [6, 6.07) is 8.59. The van der Waals surface area contributed by atoms with Crippen LogP contribution in [0.15, 0.2) is 36.5 Å². The fraction of sp³-hybridized carbons (Fsp3) is 0.429. The smallest absolute Gasteiger partial charge is 0.317 e. The first kappa shape index (κ1) is 21.4. The minimum atomic E-state index is -1.28. The first-order chi connectivity index (χ1) is 14.4. The van der Waals surface area contributed by atoms with Gasteiger partial charge in [-0.2, -0.15) is 0 Å². The van der Waals surface area contributed by atoms with Crippen LogP contribution >= 0.6 is 0 Å². The predicted molar refractivity (Wildman–Crippen MR) is 106 cm³/mol. The summed E-state index contributed by atoms with van der Waals surface area (Å²) in [7, 11) is 1.87. The molecule has 9 heteroatoms. The van der Waals surface area contributed by atoms with Gasteiger partial charge in [0.25, 0.3) is 0 Å². The molecule has 2 aromatic rings. The SMILES string of the molecule is CCOC(=O)C(C(=O)CCc1cccn1C)C(C[N+](=O)[O-])c1ccc2c(c1)OCO2. The van der Waals surface area contributed by atoms with Gasteiger partial charge >= 0.3 is 5.97 Å². The lowest BCUT2D eigenvalue weighted by molar-refractivity contribution is -0.484. The molecule has 160 valence electrons. The first-order valence-corrected chi connectivity index (χ1v) is 9.71. The molecule has 0 spiro atoms. The molecule has 0 saturated carbocycles. The molecule has 2 unspecified atom stereocenters. The van der Waals surface area contributed by atoms with Crippen LogP contribution in [0.3, 0.4) is 0 Å². The fourth-order valence-electron chi connectivity index (χ4n) is 3.62. The van der Waals surface area contributed by atoms with Crippen LogP contribution in [0.1, 0.15) is 30.5 Å². The number of nitrogens with zero attached hydrogens (tertiary/aromatic N) is 2. The van der Waals surface area contributed by atoms with Crippen molar-refractivity contribution in [3.63, 3.8) is 0 Å². The Hall–Kier alpha value is -3.36. The summed E-state index contributed by atoms with van der Waals surface area (Å²) in [6.45, 7) is 1.17. The fourth-order valence-corrected chi connectivity index (χ4v) is 3.62. The standard InChI is InChI=1S/C21H24N2O7/c1-3-28-21(25)20(17(24)8-7-15-5-4-10-22(15)2)16(12-23(26)27)14-6-9-18-19(11-14)30-13-29-18/h4-6,9-11,16,20H,3,7-8,12-13H2,1-2H3. The predicted octanol–water partition coefficient (Wildman–Crippen LogP) is 2.50. The Morgan fingerprint density at radius 1 is 1.27 bits per heavy atom. The van der Waals surface area contributed by atoms with Gasteiger partial charge in [-0.15, -0.1) is 0 Å². The molecule has 2 atom stereocenters. The lowest BCUT2D eigenvalue weighted by Gasteiger charge is -2.22. The van der Waals surface area contributed by atoms with Crippen molar-refractivity contribution < 1.29 is 28.7 Å². The molecule has 0 saturated heterocycles. The Morgan fingerprint density at radius 2 is 2.03 bits per heavy atom. The molecule has 1 aliphatic rings. The van der Waals surface area contributed by atoms with Crippen LogP contribution in [0.25, 0.3) is 0 Å². The van der Waals surface area contributed by atoms with Crippen LogP contribution in [0.4, 0.5) is 0 Å². The second-order valence-corrected chi connectivity index (χ2v) is 7.04. The molecule has 9 nitrogen and oxygen atoms in total. The van der Waals surface area contributed by atoms with Crippen molar-refractivity contribution >= 4 is 11.8 Å². The van der Waals surface area contributed by atoms with Crippen LogP contribution in [-0.2, 0) is 27.8 Å². The number of carbonyl (C=O) groups excluding carboxylic acids is 2. The van der Waals surface area contributed by atoms with Crippen molar-refractivity contribution in [1.29, 1.82) is 0 Å². The number of fused-ring (bicyclic) bond motifs is 1. The number of hydrogen-bond donors (Lipinski definition) is 0. The van der Waals surface area contributed by atoms with Crippen LogP contribution in [0.2, 0.25) is 0 Å². The van der Waals surface area contributed by atoms with Gasteiger partial charge < -0.3 is 18.8 Å². The van der Waals surface area contributed by atoms with Gasteiger partial charge in [0.2, 0.25) is 13.3 Å². The average Bonchev–Trinajstić information content (AvgIpc) is 3.33. The van der Waals surface area contributed by atoms with Crippen molar-refractivity contribution in [2.45, 2.75) is 25.7 Å². The Balaban J connectivity index is 1.90. The molecular formula is C21H24N2O7. The molecule has 3 rings (SSSR count). The molecular weight excluding hydrogens is 392 g/mol. The largest absolute Gasteiger partial charge is 0.465 e. The molecule has 0 radical (unpaired) electrons. The maximum absolute atomic E-state index is 13.1. The van der Waals surface area contributed by atoms with E-state index >= 15 is 0 Å². The van der Waals surface area contributed by atoms with E-state index in [-0.39, 0.29) is 25.6 Å². The normalized spacial score (nSPS) is 14.2. The summed E-state index contributed by atoms with van der Waals surface area (Å²) in [5.74, 6) is -2.45. The Bertz CT molecular complexity index is 937. The van der Waals surface area contributed by atoms with Gasteiger partial charge in [0.05, 0.1) is 12.5 Å². The van der Waals surface area contributed by atoms with E-state index in [1.807, 2.05) is 29.9 Å². The Kier molecular flexibility index (Phi) is 6.71. The first-order valence-electron chi connectivity index (χ1n) is 9.71. The van der Waals surface area contributed by atoms with Crippen molar-refractivity contribution in [2.24, 2.45) is 13.0 Å². The zero-order chi connectivity index (χ0) is 21.7. The van der Waals surface area contributed by atoms with Crippen LogP contribution in [-0.4, -0.2) is 41.2 Å². The van der Waals surface area contributed by atoms with Gasteiger partial charge in [0.15, 0.2) is 11.5 Å². The molecule has 0 N–H and O–H groups in total. The van der Waals surface area contributed by atoms with Crippen molar-refractivity contribution in [2.75, 3.05) is 19.9 Å². The van der Waals surface area contributed by atoms with Crippen molar-refractivity contribution in [3.05, 3.63) is 57.9 Å². The molecule has 1 aliphatic heterocycles. The molecule has 0 fully saturated rings. The lowest BCUT2D eigenvalue weighted by Crippen LogP contribution is -2.35. The highest BCUT2D eigenvalue weighted by molar-refractivity contribution is 6.00. The molecule has 0 bridgehead atoms. The van der Waals surface area contributed by atoms with E-state index in [2.05, 4.69) is 0 Å². The topological polar surface area (TPSA) is 110 Å². The highest BCUT2D eigenvalue weighted by Gasteiger charge is 2.40. The third kappa shape index (κ3) is 4.79. The molecule has 0 amide bonds. The van der Waals surface area contributed by atoms with Crippen LogP contribution in [0.5, 0.6) is 11.5 Å². The molecule has 1 aromatic heterocycles. The third-order valence-electron chi connectivity index (χ3n) is 5.14. The van der Waals surface area contributed by atoms with Crippen molar-refractivity contribution in [1.82, 2.24) is 4.57 Å². The van der Waals surface area contributed by atoms with Crippen LogP contribution < -0.4 is 9.47 Å². The molecule has 1 aromatic carbocycles. The number of carbonyl (C=O) groups is 2. The minimum Gasteiger partial charge on any atom is -0.465 e. The summed E-state index contributed by atoms with van der Waals surface area (Å²) in [5.41, 5.74) is 1.39. The second-order valence-electron chi connectivity index (χ2n) is 7.04. The van der Waals surface area contributed by atoms with Gasteiger partial charge in [-0.25, -0.2) is 0 Å². The number of esters is 1. The summed E-state index contributed by atoms with van der Waals surface area (Å²) >= 11 is 0. The number of benzene rings is 1. The Morgan fingerprint density at radius 3 is 2.70 bits per heavy atom. The number of ether oxygens (including phenoxy) is 3. The summed E-state index contributed by atoms with van der Waals surface area (Å²) < 4.78 is 17.6. The van der Waals surface area contributed by atoms with Crippen LogP contribution in [0, 0.1) is 16.0 Å². The van der Waals surface area contributed by atoms with Gasteiger partial charge in [0, 0.05) is 30.3 Å². The zero-order valence-corrected chi connectivity index (χ0v) is 16.9. The van der Waals surface area contributed by atoms with E-state index in [0.29, 0.717) is 23.5 Å². The summed E-state index contributed by atoms with van der Waals surface area (Å²) in [4.78, 5) is 36.7. The second kappa shape index (κ2) is 9.43. The number of aryl methyl sites for hydroxylation is 2. The summed E-state index contributed by atoms with van der Waals surface area (Å²) in [6.07, 6.45) is 2.36. The van der Waals surface area contributed by atoms with E-state index in [4.69, 9.17) is 14.2 Å². The van der Waals surface area contributed by atoms with Gasteiger partial charge in [0.1, 0.15) is 11.7 Å². The highest BCUT2D eigenvalue weighted by atomic mass is 16.7. The quantitative estimate of drug-likeness (QED) is 0.253. The van der Waals surface area contributed by atoms with Gasteiger partial charge in [-0.05, 0) is 43.2 Å². The average molecular weight is 416 g/mol. The highest BCUT2D eigenvalue weighted by Crippen LogP contribution is 2.37. The number of ketones is 1. The lowest BCUT2D eigenvalue weighted by atomic mass is 9.81. The van der Waals surface area contributed by atoms with E-state index in [9.17, 15) is 19.7 Å². The number of hydrogen-bond acceptors (Lipinski definition) is 7. The Labute approximate surface area is 173 Å². The number of aromatic nitrogens is 1. The number of Topliss-reactive ketones (excluding diaryl/α,β-unsaturated/α-hetero) is 1. The van der Waals surface area contributed by atoms with E-state index in [1.165, 1.54) is 0 Å². The molecule has 2 heterocycles. The maximum atomic E-state index is 13.1. The van der Waals surface area contributed by atoms with E-state index < -0.39 is 29.3 Å². The van der Waals surface area contributed by atoms with E-state index in [0.717, 1.165) is 5.69 Å². The minimum absolute atomic E-state index is 0.0512. The number of rotatable bonds is 10. The number of nitro groups is 1. The molecule has 0 aliphatic carbocycles. The summed E-state index contributed by atoms with van der Waals surface area (Å²) in [5, 5.41) is 11.4. The molecule has 30 heavy (non-hydrogen) atoms.